The maximum atomic E-state index is 12.0. The van der Waals surface area contributed by atoms with Gasteiger partial charge >= 0.3 is 6.09 Å². The number of alkyl carbamates (subject to hydrolysis) is 1. The Labute approximate surface area is 158 Å². The second-order valence-electron chi connectivity index (χ2n) is 5.95. The summed E-state index contributed by atoms with van der Waals surface area (Å²) in [4.78, 5) is 23.7. The zero-order valence-corrected chi connectivity index (χ0v) is 15.1. The summed E-state index contributed by atoms with van der Waals surface area (Å²) in [6.45, 7) is 1.71. The van der Waals surface area contributed by atoms with Crippen LogP contribution >= 0.6 is 0 Å². The standard InChI is InChI=1S/C20H24N2O5/c1-15(22-20(25)27-13-16-8-4-2-5-9-16)19(24)21-12-17(23)14-26-18-10-6-3-7-11-18/h2-11,15,17,23H,12-14H2,1H3,(H,21,24)(H,22,25)/t15-,17?/m0/s1. The Hall–Kier alpha value is -3.06. The van der Waals surface area contributed by atoms with Gasteiger partial charge in [0.15, 0.2) is 0 Å². The fourth-order valence-electron chi connectivity index (χ4n) is 2.15. The Morgan fingerprint density at radius 2 is 1.67 bits per heavy atom. The molecule has 0 fully saturated rings. The van der Waals surface area contributed by atoms with Gasteiger partial charge in [0.25, 0.3) is 0 Å². The van der Waals surface area contributed by atoms with Crippen LogP contribution in [0.5, 0.6) is 5.75 Å². The molecule has 2 amide bonds. The van der Waals surface area contributed by atoms with Gasteiger partial charge in [-0.05, 0) is 24.6 Å². The normalized spacial score (nSPS) is 12.5. The summed E-state index contributed by atoms with van der Waals surface area (Å²) in [5.74, 6) is 0.212. The van der Waals surface area contributed by atoms with E-state index in [4.69, 9.17) is 9.47 Å². The molecule has 1 unspecified atom stereocenters. The third-order valence-electron chi connectivity index (χ3n) is 3.64. The monoisotopic (exact) mass is 372 g/mol. The van der Waals surface area contributed by atoms with Gasteiger partial charge in [-0.15, -0.1) is 0 Å². The molecule has 0 saturated carbocycles. The lowest BCUT2D eigenvalue weighted by Crippen LogP contribution is -2.47. The number of amides is 2. The van der Waals surface area contributed by atoms with E-state index in [1.807, 2.05) is 48.5 Å². The second kappa shape index (κ2) is 10.8. The van der Waals surface area contributed by atoms with Crippen LogP contribution in [0.1, 0.15) is 12.5 Å². The van der Waals surface area contributed by atoms with Crippen molar-refractivity contribution < 1.29 is 24.2 Å². The van der Waals surface area contributed by atoms with Gasteiger partial charge in [-0.2, -0.15) is 0 Å². The smallest absolute Gasteiger partial charge is 0.408 e. The van der Waals surface area contributed by atoms with E-state index in [1.165, 1.54) is 6.92 Å². The minimum absolute atomic E-state index is 0.0107. The number of hydrogen-bond acceptors (Lipinski definition) is 5. The zero-order valence-electron chi connectivity index (χ0n) is 15.1. The van der Waals surface area contributed by atoms with Crippen molar-refractivity contribution in [1.82, 2.24) is 10.6 Å². The third-order valence-corrected chi connectivity index (χ3v) is 3.64. The lowest BCUT2D eigenvalue weighted by Gasteiger charge is -2.17. The van der Waals surface area contributed by atoms with Crippen molar-refractivity contribution in [3.8, 4) is 5.75 Å². The highest BCUT2D eigenvalue weighted by Crippen LogP contribution is 2.08. The molecule has 0 aliphatic rings. The van der Waals surface area contributed by atoms with Crippen LogP contribution in [0, 0.1) is 0 Å². The number of para-hydroxylation sites is 1. The molecule has 2 aromatic rings. The number of nitrogens with one attached hydrogen (secondary N) is 2. The third kappa shape index (κ3) is 7.79. The number of carbonyl (C=O) groups is 2. The number of hydrogen-bond donors (Lipinski definition) is 3. The Bertz CT molecular complexity index is 709. The molecule has 0 radical (unpaired) electrons. The van der Waals surface area contributed by atoms with Gasteiger partial charge in [-0.25, -0.2) is 4.79 Å². The van der Waals surface area contributed by atoms with Gasteiger partial charge in [-0.1, -0.05) is 48.5 Å². The molecule has 0 saturated heterocycles. The predicted molar refractivity (Wildman–Crippen MR) is 100 cm³/mol. The number of benzene rings is 2. The average Bonchev–Trinajstić information content (AvgIpc) is 2.70. The van der Waals surface area contributed by atoms with Crippen LogP contribution in [0.2, 0.25) is 0 Å². The average molecular weight is 372 g/mol. The van der Waals surface area contributed by atoms with Crippen LogP contribution in [0.3, 0.4) is 0 Å². The SMILES string of the molecule is C[C@H](NC(=O)OCc1ccccc1)C(=O)NCC(O)COc1ccccc1. The molecular formula is C20H24N2O5. The van der Waals surface area contributed by atoms with Gasteiger partial charge in [0.05, 0.1) is 0 Å². The van der Waals surface area contributed by atoms with Crippen LogP contribution in [-0.2, 0) is 16.1 Å². The summed E-state index contributed by atoms with van der Waals surface area (Å²) < 4.78 is 10.5. The first-order valence-corrected chi connectivity index (χ1v) is 8.65. The van der Waals surface area contributed by atoms with E-state index >= 15 is 0 Å². The van der Waals surface area contributed by atoms with Crippen molar-refractivity contribution in [2.75, 3.05) is 13.2 Å². The summed E-state index contributed by atoms with van der Waals surface area (Å²) in [5.41, 5.74) is 0.853. The molecule has 0 spiro atoms. The first-order valence-electron chi connectivity index (χ1n) is 8.65. The number of aliphatic hydroxyl groups is 1. The van der Waals surface area contributed by atoms with Crippen molar-refractivity contribution in [2.24, 2.45) is 0 Å². The molecule has 144 valence electrons. The first-order chi connectivity index (χ1) is 13.0. The van der Waals surface area contributed by atoms with Crippen molar-refractivity contribution in [3.63, 3.8) is 0 Å². The Balaban J connectivity index is 1.63. The van der Waals surface area contributed by atoms with Crippen LogP contribution in [0.4, 0.5) is 4.79 Å². The summed E-state index contributed by atoms with van der Waals surface area (Å²) in [6, 6.07) is 17.5. The van der Waals surface area contributed by atoms with Crippen LogP contribution in [0.25, 0.3) is 0 Å². The summed E-state index contributed by atoms with van der Waals surface area (Å²) in [7, 11) is 0. The van der Waals surface area contributed by atoms with Gasteiger partial charge in [-0.3, -0.25) is 4.79 Å². The molecule has 0 heterocycles. The van der Waals surface area contributed by atoms with Crippen LogP contribution in [0.15, 0.2) is 60.7 Å². The molecule has 0 aliphatic heterocycles. The number of carbonyl (C=O) groups excluding carboxylic acids is 2. The molecular weight excluding hydrogens is 348 g/mol. The summed E-state index contributed by atoms with van der Waals surface area (Å²) >= 11 is 0. The summed E-state index contributed by atoms with van der Waals surface area (Å²) in [6.07, 6.45) is -1.55. The van der Waals surface area contributed by atoms with E-state index in [0.29, 0.717) is 5.75 Å². The van der Waals surface area contributed by atoms with Crippen molar-refractivity contribution >= 4 is 12.0 Å². The molecule has 2 atom stereocenters. The maximum Gasteiger partial charge on any atom is 0.408 e. The highest BCUT2D eigenvalue weighted by Gasteiger charge is 2.17. The van der Waals surface area contributed by atoms with Gasteiger partial charge in [0.2, 0.25) is 5.91 Å². The van der Waals surface area contributed by atoms with E-state index in [1.54, 1.807) is 12.1 Å². The zero-order chi connectivity index (χ0) is 19.5. The van der Waals surface area contributed by atoms with E-state index in [9.17, 15) is 14.7 Å². The van der Waals surface area contributed by atoms with E-state index in [-0.39, 0.29) is 19.8 Å². The minimum atomic E-state index is -0.869. The molecule has 7 nitrogen and oxygen atoms in total. The van der Waals surface area contributed by atoms with E-state index in [0.717, 1.165) is 5.56 Å². The Morgan fingerprint density at radius 1 is 1.04 bits per heavy atom. The maximum absolute atomic E-state index is 12.0. The highest BCUT2D eigenvalue weighted by molar-refractivity contribution is 5.85. The van der Waals surface area contributed by atoms with Gasteiger partial charge in [0.1, 0.15) is 31.1 Å². The van der Waals surface area contributed by atoms with Crippen molar-refractivity contribution in [2.45, 2.75) is 25.7 Å². The molecule has 2 aromatic carbocycles. The Kier molecular flexibility index (Phi) is 8.12. The lowest BCUT2D eigenvalue weighted by molar-refractivity contribution is -0.123. The lowest BCUT2D eigenvalue weighted by atomic mass is 10.2. The van der Waals surface area contributed by atoms with E-state index < -0.39 is 24.1 Å². The number of rotatable bonds is 9. The van der Waals surface area contributed by atoms with Crippen molar-refractivity contribution in [3.05, 3.63) is 66.2 Å². The first kappa shape index (κ1) is 20.3. The fraction of sp³-hybridized carbons (Fsp3) is 0.300. The second-order valence-corrected chi connectivity index (χ2v) is 5.95. The quantitative estimate of drug-likeness (QED) is 0.624. The van der Waals surface area contributed by atoms with Crippen molar-refractivity contribution in [1.29, 1.82) is 0 Å². The molecule has 0 bridgehead atoms. The Morgan fingerprint density at radius 3 is 2.33 bits per heavy atom. The van der Waals surface area contributed by atoms with Gasteiger partial charge < -0.3 is 25.2 Å². The number of aliphatic hydroxyl groups excluding tert-OH is 1. The molecule has 7 heteroatoms. The molecule has 27 heavy (non-hydrogen) atoms. The van der Waals surface area contributed by atoms with E-state index in [2.05, 4.69) is 10.6 Å². The van der Waals surface area contributed by atoms with Crippen LogP contribution in [-0.4, -0.2) is 42.4 Å². The topological polar surface area (TPSA) is 96.9 Å². The molecule has 2 rings (SSSR count). The highest BCUT2D eigenvalue weighted by atomic mass is 16.5. The van der Waals surface area contributed by atoms with Gasteiger partial charge in [0, 0.05) is 6.54 Å². The minimum Gasteiger partial charge on any atom is -0.491 e. The predicted octanol–water partition coefficient (Wildman–Crippen LogP) is 1.86. The molecule has 3 N–H and O–H groups in total. The van der Waals surface area contributed by atoms with Crippen LogP contribution < -0.4 is 15.4 Å². The fourth-order valence-corrected chi connectivity index (χ4v) is 2.15. The summed E-state index contributed by atoms with van der Waals surface area (Å²) in [5, 5.41) is 14.9. The molecule has 0 aromatic heterocycles. The number of ether oxygens (including phenoxy) is 2. The largest absolute Gasteiger partial charge is 0.491 e. The molecule has 0 aliphatic carbocycles.